The van der Waals surface area contributed by atoms with Crippen LogP contribution in [0.1, 0.15) is 51.3 Å². The van der Waals surface area contributed by atoms with E-state index >= 15 is 0 Å². The van der Waals surface area contributed by atoms with Gasteiger partial charge in [-0.1, -0.05) is 120 Å². The Morgan fingerprint density at radius 3 is 2.07 bits per heavy atom. The van der Waals surface area contributed by atoms with Crippen LogP contribution in [0.25, 0.3) is 93.6 Å². The predicted molar refractivity (Wildman–Crippen MR) is 251 cm³/mol. The molecule has 3 aliphatic rings. The van der Waals surface area contributed by atoms with Gasteiger partial charge in [-0.2, -0.15) is 0 Å². The summed E-state index contributed by atoms with van der Waals surface area (Å²) in [6.45, 7) is 11.5. The number of fused-ring (bicyclic) bond motifs is 18. The zero-order valence-electron chi connectivity index (χ0n) is 34.1. The molecule has 1 aliphatic carbocycles. The molecule has 11 aromatic rings. The Labute approximate surface area is 347 Å². The minimum absolute atomic E-state index is 0.0294. The van der Waals surface area contributed by atoms with Gasteiger partial charge in [-0.25, -0.2) is 0 Å². The SMILES string of the molecule is CC(C)(C)c1ccc(N2B3c4cc5oc6ccccc6c5cc4-n4c5ccc6oc7ccccc7c6c5c5ccc(c3c54)-c3cc4c(cc32)C(C)(C)c2ccccc2-4)cc1. The highest BCUT2D eigenvalue weighted by molar-refractivity contribution is 6.94. The second kappa shape index (κ2) is 10.8. The van der Waals surface area contributed by atoms with Crippen molar-refractivity contribution in [3.63, 3.8) is 0 Å². The molecular formula is C55H39BN2O2. The van der Waals surface area contributed by atoms with Crippen molar-refractivity contribution in [1.82, 2.24) is 4.57 Å². The maximum Gasteiger partial charge on any atom is 0.333 e. The number of anilines is 2. The highest BCUT2D eigenvalue weighted by Crippen LogP contribution is 2.55. The molecule has 3 aromatic heterocycles. The third kappa shape index (κ3) is 3.94. The molecule has 2 aliphatic heterocycles. The molecule has 0 saturated carbocycles. The third-order valence-electron chi connectivity index (χ3n) is 14.3. The van der Waals surface area contributed by atoms with Gasteiger partial charge in [0.2, 0.25) is 0 Å². The summed E-state index contributed by atoms with van der Waals surface area (Å²) in [5, 5.41) is 7.05. The van der Waals surface area contributed by atoms with Crippen molar-refractivity contribution in [2.75, 3.05) is 4.81 Å². The Hall–Kier alpha value is -6.98. The molecule has 14 rings (SSSR count). The van der Waals surface area contributed by atoms with E-state index in [0.29, 0.717) is 0 Å². The standard InChI is InChI=1S/C55H39BN2O2/c1-54(2,3)30-18-20-31(21-19-30)58-44-28-41-37(32-12-6-9-15-40(32)55(41,4)5)26-38(44)34-22-23-36-50-43(24-25-48-51(50)35-14-8-11-17-47(35)59-48)57-45-27-39-33-13-7-10-16-46(33)60-49(39)29-42(45)56(58)52(34)53(36)57/h6-29H,1-5H3. The van der Waals surface area contributed by atoms with Crippen LogP contribution in [0.4, 0.5) is 11.4 Å². The summed E-state index contributed by atoms with van der Waals surface area (Å²) in [7, 11) is 0. The topological polar surface area (TPSA) is 34.5 Å². The van der Waals surface area contributed by atoms with Gasteiger partial charge in [0.1, 0.15) is 22.3 Å². The van der Waals surface area contributed by atoms with Gasteiger partial charge in [-0.05, 0) is 110 Å². The number of hydrogen-bond donors (Lipinski definition) is 0. The van der Waals surface area contributed by atoms with Crippen LogP contribution in [0.2, 0.25) is 0 Å². The molecule has 0 amide bonds. The molecule has 0 saturated heterocycles. The fourth-order valence-corrected chi connectivity index (χ4v) is 11.5. The molecule has 5 heteroatoms. The summed E-state index contributed by atoms with van der Waals surface area (Å²) in [4.78, 5) is 2.65. The average molecular weight is 771 g/mol. The summed E-state index contributed by atoms with van der Waals surface area (Å²) < 4.78 is 15.9. The normalized spacial score (nSPS) is 14.8. The van der Waals surface area contributed by atoms with Gasteiger partial charge in [-0.3, -0.25) is 0 Å². The Morgan fingerprint density at radius 1 is 0.517 bits per heavy atom. The number of hydrogen-bond acceptors (Lipinski definition) is 3. The Kier molecular flexibility index (Phi) is 5.92. The first-order valence-corrected chi connectivity index (χ1v) is 21.2. The number of rotatable bonds is 1. The van der Waals surface area contributed by atoms with E-state index in [1.54, 1.807) is 0 Å². The zero-order chi connectivity index (χ0) is 40.0. The fraction of sp³-hybridized carbons (Fsp3) is 0.127. The lowest BCUT2D eigenvalue weighted by Crippen LogP contribution is -2.60. The molecule has 0 unspecified atom stereocenters. The number of para-hydroxylation sites is 2. The van der Waals surface area contributed by atoms with Crippen molar-refractivity contribution in [3.8, 4) is 27.9 Å². The van der Waals surface area contributed by atoms with Crippen LogP contribution < -0.4 is 15.7 Å². The molecule has 284 valence electrons. The quantitative estimate of drug-likeness (QED) is 0.156. The smallest absolute Gasteiger partial charge is 0.333 e. The lowest BCUT2D eigenvalue weighted by molar-refractivity contribution is 0.590. The Balaban J connectivity index is 1.18. The van der Waals surface area contributed by atoms with Gasteiger partial charge >= 0.3 is 6.85 Å². The lowest BCUT2D eigenvalue weighted by Gasteiger charge is -2.42. The molecule has 0 atom stereocenters. The summed E-state index contributed by atoms with van der Waals surface area (Å²) in [6.07, 6.45) is 0. The maximum atomic E-state index is 6.73. The van der Waals surface area contributed by atoms with E-state index in [1.165, 1.54) is 94.1 Å². The third-order valence-corrected chi connectivity index (χ3v) is 14.3. The predicted octanol–water partition coefficient (Wildman–Crippen LogP) is 13.4. The molecule has 0 fully saturated rings. The zero-order valence-corrected chi connectivity index (χ0v) is 34.1. The van der Waals surface area contributed by atoms with Gasteiger partial charge in [-0.15, -0.1) is 0 Å². The van der Waals surface area contributed by atoms with E-state index in [2.05, 4.69) is 190 Å². The van der Waals surface area contributed by atoms with E-state index < -0.39 is 0 Å². The van der Waals surface area contributed by atoms with Crippen LogP contribution in [0.3, 0.4) is 0 Å². The molecule has 0 radical (unpaired) electrons. The van der Waals surface area contributed by atoms with Crippen molar-refractivity contribution in [2.24, 2.45) is 0 Å². The fourth-order valence-electron chi connectivity index (χ4n) is 11.5. The first-order valence-electron chi connectivity index (χ1n) is 21.2. The second-order valence-corrected chi connectivity index (χ2v) is 18.8. The summed E-state index contributed by atoms with van der Waals surface area (Å²) in [6, 6.07) is 54.4. The first kappa shape index (κ1) is 32.9. The highest BCUT2D eigenvalue weighted by atomic mass is 16.3. The van der Waals surface area contributed by atoms with Crippen LogP contribution in [-0.4, -0.2) is 11.4 Å². The Bertz CT molecular complexity index is 3740. The summed E-state index contributed by atoms with van der Waals surface area (Å²) in [5.41, 5.74) is 21.4. The molecule has 5 heterocycles. The number of nitrogens with zero attached hydrogens (tertiary/aromatic N) is 2. The maximum absolute atomic E-state index is 6.73. The van der Waals surface area contributed by atoms with Crippen LogP contribution in [-0.2, 0) is 10.8 Å². The van der Waals surface area contributed by atoms with E-state index in [1.807, 2.05) is 0 Å². The van der Waals surface area contributed by atoms with Crippen molar-refractivity contribution in [3.05, 3.63) is 162 Å². The van der Waals surface area contributed by atoms with Crippen LogP contribution >= 0.6 is 0 Å². The van der Waals surface area contributed by atoms with Crippen molar-refractivity contribution >= 4 is 94.8 Å². The largest absolute Gasteiger partial charge is 0.456 e. The Morgan fingerprint density at radius 2 is 1.25 bits per heavy atom. The van der Waals surface area contributed by atoms with E-state index in [9.17, 15) is 0 Å². The van der Waals surface area contributed by atoms with Gasteiger partial charge < -0.3 is 18.2 Å². The molecule has 60 heavy (non-hydrogen) atoms. The molecular weight excluding hydrogens is 731 g/mol. The first-order chi connectivity index (χ1) is 29.1. The average Bonchev–Trinajstić information content (AvgIpc) is 3.98. The van der Waals surface area contributed by atoms with Crippen LogP contribution in [0.15, 0.2) is 154 Å². The summed E-state index contributed by atoms with van der Waals surface area (Å²) in [5.74, 6) is 0. The van der Waals surface area contributed by atoms with Gasteiger partial charge in [0.05, 0.1) is 11.0 Å². The molecule has 0 bridgehead atoms. The van der Waals surface area contributed by atoms with E-state index in [-0.39, 0.29) is 17.7 Å². The summed E-state index contributed by atoms with van der Waals surface area (Å²) >= 11 is 0. The number of benzene rings is 8. The lowest BCUT2D eigenvalue weighted by atomic mass is 9.44. The monoisotopic (exact) mass is 770 g/mol. The van der Waals surface area contributed by atoms with Gasteiger partial charge in [0, 0.05) is 60.4 Å². The highest BCUT2D eigenvalue weighted by Gasteiger charge is 2.46. The molecule has 8 aromatic carbocycles. The van der Waals surface area contributed by atoms with Crippen LogP contribution in [0.5, 0.6) is 0 Å². The molecule has 4 nitrogen and oxygen atoms in total. The van der Waals surface area contributed by atoms with Crippen molar-refractivity contribution < 1.29 is 8.83 Å². The van der Waals surface area contributed by atoms with E-state index in [0.717, 1.165) is 38.5 Å². The van der Waals surface area contributed by atoms with Gasteiger partial charge in [0.15, 0.2) is 0 Å². The molecule has 0 spiro atoms. The molecule has 0 N–H and O–H groups in total. The number of furan rings is 2. The van der Waals surface area contributed by atoms with Crippen molar-refractivity contribution in [1.29, 1.82) is 0 Å². The minimum Gasteiger partial charge on any atom is -0.456 e. The van der Waals surface area contributed by atoms with Crippen LogP contribution in [0, 0.1) is 0 Å². The second-order valence-electron chi connectivity index (χ2n) is 18.8. The van der Waals surface area contributed by atoms with Gasteiger partial charge in [0.25, 0.3) is 0 Å². The minimum atomic E-state index is -0.150. The van der Waals surface area contributed by atoms with E-state index in [4.69, 9.17) is 8.83 Å². The number of aromatic nitrogens is 1. The van der Waals surface area contributed by atoms with Crippen molar-refractivity contribution in [2.45, 2.75) is 45.4 Å².